The Morgan fingerprint density at radius 2 is 2.09 bits per heavy atom. The normalized spacial score (nSPS) is 24.9. The van der Waals surface area contributed by atoms with Crippen LogP contribution in [0.2, 0.25) is 0 Å². The molecule has 1 aliphatic carbocycles. The van der Waals surface area contributed by atoms with Gasteiger partial charge in [-0.25, -0.2) is 8.78 Å². The van der Waals surface area contributed by atoms with Gasteiger partial charge < -0.3 is 19.8 Å². The van der Waals surface area contributed by atoms with Gasteiger partial charge in [0.05, 0.1) is 12.1 Å². The summed E-state index contributed by atoms with van der Waals surface area (Å²) in [6, 6.07) is 2.31. The third kappa shape index (κ3) is 3.72. The Labute approximate surface area is 127 Å². The molecule has 0 heterocycles. The van der Waals surface area contributed by atoms with Gasteiger partial charge in [0, 0.05) is 13.1 Å². The van der Waals surface area contributed by atoms with Gasteiger partial charge >= 0.3 is 0 Å². The molecule has 0 unspecified atom stereocenters. The quantitative estimate of drug-likeness (QED) is 0.872. The molecular formula is C15H19F2NO4. The molecule has 1 saturated carbocycles. The van der Waals surface area contributed by atoms with E-state index in [-0.39, 0.29) is 5.75 Å². The smallest absolute Gasteiger partial charge is 0.260 e. The second-order valence-corrected chi connectivity index (χ2v) is 5.42. The Morgan fingerprint density at radius 3 is 2.77 bits per heavy atom. The number of aliphatic hydroxyl groups excluding tert-OH is 2. The molecule has 1 aromatic carbocycles. The number of likely N-dealkylation sites (N-methyl/N-ethyl adjacent to an activating group) is 1. The number of aliphatic hydroxyl groups is 2. The molecular weight excluding hydrogens is 296 g/mol. The number of hydrogen-bond donors (Lipinski definition) is 2. The third-order valence-electron chi connectivity index (χ3n) is 3.92. The summed E-state index contributed by atoms with van der Waals surface area (Å²) in [7, 11) is 1.50. The van der Waals surface area contributed by atoms with E-state index in [1.54, 1.807) is 0 Å². The molecule has 0 radical (unpaired) electrons. The van der Waals surface area contributed by atoms with E-state index in [1.807, 2.05) is 0 Å². The number of ether oxygens (including phenoxy) is 1. The highest BCUT2D eigenvalue weighted by molar-refractivity contribution is 5.78. The number of halogens is 2. The second kappa shape index (κ2) is 7.02. The van der Waals surface area contributed by atoms with Gasteiger partial charge in [0.1, 0.15) is 11.9 Å². The number of amides is 1. The molecule has 122 valence electrons. The van der Waals surface area contributed by atoms with E-state index in [1.165, 1.54) is 11.9 Å². The molecule has 0 aliphatic heterocycles. The number of nitrogens with zero attached hydrogens (tertiary/aromatic N) is 1. The average molecular weight is 315 g/mol. The van der Waals surface area contributed by atoms with Gasteiger partial charge in [0.25, 0.3) is 5.91 Å². The van der Waals surface area contributed by atoms with Crippen molar-refractivity contribution in [2.24, 2.45) is 0 Å². The lowest BCUT2D eigenvalue weighted by molar-refractivity contribution is -0.140. The molecule has 0 aromatic heterocycles. The van der Waals surface area contributed by atoms with Crippen molar-refractivity contribution >= 4 is 5.91 Å². The van der Waals surface area contributed by atoms with Crippen LogP contribution < -0.4 is 4.74 Å². The molecule has 2 rings (SSSR count). The minimum atomic E-state index is -1.01. The third-order valence-corrected chi connectivity index (χ3v) is 3.92. The molecule has 3 atom stereocenters. The SMILES string of the molecule is CN(C(=O)COc1ccc(F)cc1F)[C@@H]1CCC[C@@H](O)[C@@H]1O. The predicted octanol–water partition coefficient (Wildman–Crippen LogP) is 1.08. The number of hydrogen-bond acceptors (Lipinski definition) is 4. The lowest BCUT2D eigenvalue weighted by Crippen LogP contribution is -2.52. The summed E-state index contributed by atoms with van der Waals surface area (Å²) >= 11 is 0. The zero-order valence-corrected chi connectivity index (χ0v) is 12.2. The van der Waals surface area contributed by atoms with Gasteiger partial charge in [-0.2, -0.15) is 0 Å². The Morgan fingerprint density at radius 1 is 1.36 bits per heavy atom. The van der Waals surface area contributed by atoms with E-state index in [9.17, 15) is 23.8 Å². The molecule has 0 spiro atoms. The van der Waals surface area contributed by atoms with Crippen molar-refractivity contribution in [2.75, 3.05) is 13.7 Å². The van der Waals surface area contributed by atoms with Crippen LogP contribution >= 0.6 is 0 Å². The van der Waals surface area contributed by atoms with Crippen molar-refractivity contribution in [3.63, 3.8) is 0 Å². The summed E-state index contributed by atoms with van der Waals surface area (Å²) in [5, 5.41) is 19.6. The van der Waals surface area contributed by atoms with Crippen molar-refractivity contribution in [3.8, 4) is 5.75 Å². The van der Waals surface area contributed by atoms with E-state index >= 15 is 0 Å². The van der Waals surface area contributed by atoms with Crippen LogP contribution in [-0.4, -0.2) is 52.9 Å². The Kier molecular flexibility index (Phi) is 5.31. The molecule has 5 nitrogen and oxygen atoms in total. The van der Waals surface area contributed by atoms with Gasteiger partial charge in [0.15, 0.2) is 18.2 Å². The minimum Gasteiger partial charge on any atom is -0.481 e. The van der Waals surface area contributed by atoms with Gasteiger partial charge in [-0.1, -0.05) is 0 Å². The molecule has 1 amide bonds. The lowest BCUT2D eigenvalue weighted by Gasteiger charge is -2.37. The molecule has 1 fully saturated rings. The summed E-state index contributed by atoms with van der Waals surface area (Å²) in [4.78, 5) is 13.4. The number of rotatable bonds is 4. The second-order valence-electron chi connectivity index (χ2n) is 5.42. The van der Waals surface area contributed by atoms with Crippen molar-refractivity contribution in [3.05, 3.63) is 29.8 Å². The van der Waals surface area contributed by atoms with Crippen LogP contribution in [0.15, 0.2) is 18.2 Å². The van der Waals surface area contributed by atoms with Crippen LogP contribution in [-0.2, 0) is 4.79 Å². The molecule has 7 heteroatoms. The summed E-state index contributed by atoms with van der Waals surface area (Å²) in [5.74, 6) is -2.29. The zero-order chi connectivity index (χ0) is 16.3. The van der Waals surface area contributed by atoms with E-state index in [4.69, 9.17) is 4.74 Å². The lowest BCUT2D eigenvalue weighted by atomic mass is 9.89. The summed E-state index contributed by atoms with van der Waals surface area (Å²) < 4.78 is 31.2. The maximum atomic E-state index is 13.4. The first-order chi connectivity index (χ1) is 10.4. The van der Waals surface area contributed by atoms with E-state index in [0.29, 0.717) is 25.3 Å². The van der Waals surface area contributed by atoms with Gasteiger partial charge in [-0.3, -0.25) is 4.79 Å². The highest BCUT2D eigenvalue weighted by atomic mass is 19.1. The zero-order valence-electron chi connectivity index (χ0n) is 12.2. The predicted molar refractivity (Wildman–Crippen MR) is 74.3 cm³/mol. The molecule has 2 N–H and O–H groups in total. The fourth-order valence-electron chi connectivity index (χ4n) is 2.58. The number of carbonyl (C=O) groups excluding carboxylic acids is 1. The van der Waals surface area contributed by atoms with E-state index < -0.39 is 42.4 Å². The summed E-state index contributed by atoms with van der Waals surface area (Å²) in [5.41, 5.74) is 0. The van der Waals surface area contributed by atoms with Crippen LogP contribution in [0.25, 0.3) is 0 Å². The first-order valence-corrected chi connectivity index (χ1v) is 7.10. The highest BCUT2D eigenvalue weighted by Gasteiger charge is 2.35. The molecule has 1 aliphatic rings. The largest absolute Gasteiger partial charge is 0.481 e. The van der Waals surface area contributed by atoms with Gasteiger partial charge in [0.2, 0.25) is 0 Å². The standard InChI is InChI=1S/C15H19F2NO4/c1-18(11-3-2-4-12(19)15(11)21)14(20)8-22-13-6-5-9(16)7-10(13)17/h5-7,11-12,15,19,21H,2-4,8H2,1H3/t11-,12-,15-/m1/s1. The van der Waals surface area contributed by atoms with Crippen molar-refractivity contribution < 1.29 is 28.5 Å². The van der Waals surface area contributed by atoms with Crippen molar-refractivity contribution in [1.82, 2.24) is 4.90 Å². The van der Waals surface area contributed by atoms with Gasteiger partial charge in [-0.05, 0) is 31.4 Å². The fourth-order valence-corrected chi connectivity index (χ4v) is 2.58. The number of carbonyl (C=O) groups is 1. The van der Waals surface area contributed by atoms with Crippen LogP contribution in [0, 0.1) is 11.6 Å². The summed E-state index contributed by atoms with van der Waals surface area (Å²) in [6.07, 6.45) is -0.0919. The molecule has 1 aromatic rings. The van der Waals surface area contributed by atoms with Gasteiger partial charge in [-0.15, -0.1) is 0 Å². The topological polar surface area (TPSA) is 70.0 Å². The van der Waals surface area contributed by atoms with E-state index in [0.717, 1.165) is 12.1 Å². The summed E-state index contributed by atoms with van der Waals surface area (Å²) in [6.45, 7) is -0.432. The first kappa shape index (κ1) is 16.6. The molecule has 0 saturated heterocycles. The van der Waals surface area contributed by atoms with Crippen LogP contribution in [0.4, 0.5) is 8.78 Å². The first-order valence-electron chi connectivity index (χ1n) is 7.10. The average Bonchev–Trinajstić information content (AvgIpc) is 2.48. The minimum absolute atomic E-state index is 0.215. The van der Waals surface area contributed by atoms with Crippen LogP contribution in [0.3, 0.4) is 0 Å². The Hall–Kier alpha value is -1.73. The van der Waals surface area contributed by atoms with Crippen molar-refractivity contribution in [1.29, 1.82) is 0 Å². The number of benzene rings is 1. The maximum Gasteiger partial charge on any atom is 0.260 e. The van der Waals surface area contributed by atoms with Crippen LogP contribution in [0.5, 0.6) is 5.75 Å². The monoisotopic (exact) mass is 315 g/mol. The fraction of sp³-hybridized carbons (Fsp3) is 0.533. The Bertz CT molecular complexity index is 540. The van der Waals surface area contributed by atoms with Crippen LogP contribution in [0.1, 0.15) is 19.3 Å². The highest BCUT2D eigenvalue weighted by Crippen LogP contribution is 2.23. The maximum absolute atomic E-state index is 13.4. The van der Waals surface area contributed by atoms with Crippen molar-refractivity contribution in [2.45, 2.75) is 37.5 Å². The molecule has 0 bridgehead atoms. The van der Waals surface area contributed by atoms with E-state index in [2.05, 4.69) is 0 Å². The molecule has 22 heavy (non-hydrogen) atoms. The Balaban J connectivity index is 1.93.